The Labute approximate surface area is 207 Å². The number of thiazole rings is 1. The highest BCUT2D eigenvalue weighted by atomic mass is 32.1. The van der Waals surface area contributed by atoms with E-state index in [-0.39, 0.29) is 19.8 Å². The van der Waals surface area contributed by atoms with E-state index in [4.69, 9.17) is 18.9 Å². The lowest BCUT2D eigenvalue weighted by molar-refractivity contribution is -0.145. The minimum atomic E-state index is -0.711. The lowest BCUT2D eigenvalue weighted by Crippen LogP contribution is -2.40. The van der Waals surface area contributed by atoms with Gasteiger partial charge in [-0.25, -0.2) is 19.7 Å². The number of carbonyl (C=O) groups is 2. The van der Waals surface area contributed by atoms with Gasteiger partial charge in [0.15, 0.2) is 0 Å². The Morgan fingerprint density at radius 3 is 2.46 bits per heavy atom. The third-order valence-electron chi connectivity index (χ3n) is 4.97. The van der Waals surface area contributed by atoms with E-state index in [1.807, 2.05) is 6.07 Å². The summed E-state index contributed by atoms with van der Waals surface area (Å²) < 4.78 is 21.2. The van der Waals surface area contributed by atoms with Crippen molar-refractivity contribution in [3.63, 3.8) is 0 Å². The molecule has 11 heteroatoms. The molecule has 0 aliphatic carbocycles. The maximum absolute atomic E-state index is 12.8. The maximum atomic E-state index is 12.8. The monoisotopic (exact) mass is 500 g/mol. The minimum Gasteiger partial charge on any atom is -0.497 e. The molecule has 0 saturated heterocycles. The van der Waals surface area contributed by atoms with E-state index in [9.17, 15) is 9.59 Å². The average molecular weight is 501 g/mol. The summed E-state index contributed by atoms with van der Waals surface area (Å²) in [4.78, 5) is 38.3. The minimum absolute atomic E-state index is 0.139. The van der Waals surface area contributed by atoms with Gasteiger partial charge in [-0.05, 0) is 25.5 Å². The summed E-state index contributed by atoms with van der Waals surface area (Å²) in [6, 6.07) is 4.68. The second-order valence-corrected chi connectivity index (χ2v) is 8.21. The number of benzene rings is 1. The smallest absolute Gasteiger partial charge is 0.350 e. The van der Waals surface area contributed by atoms with Crippen LogP contribution in [0.15, 0.2) is 36.9 Å². The quantitative estimate of drug-likeness (QED) is 0.371. The summed E-state index contributed by atoms with van der Waals surface area (Å²) in [5.41, 5.74) is 1.94. The molecule has 1 aromatic carbocycles. The van der Waals surface area contributed by atoms with Gasteiger partial charge in [0.05, 0.1) is 33.1 Å². The van der Waals surface area contributed by atoms with E-state index in [0.717, 1.165) is 5.56 Å². The molecular weight excluding hydrogens is 472 g/mol. The Balaban J connectivity index is 1.87. The summed E-state index contributed by atoms with van der Waals surface area (Å²) in [6.45, 7) is 4.09. The number of nitrogens with one attached hydrogen (secondary N) is 1. The first-order valence-corrected chi connectivity index (χ1v) is 11.8. The molecule has 0 spiro atoms. The predicted molar refractivity (Wildman–Crippen MR) is 130 cm³/mol. The molecule has 0 aliphatic rings. The maximum Gasteiger partial charge on any atom is 0.350 e. The Bertz CT molecular complexity index is 1140. The molecule has 3 aromatic rings. The van der Waals surface area contributed by atoms with Crippen molar-refractivity contribution in [3.05, 3.63) is 53.1 Å². The molecule has 0 radical (unpaired) electrons. The van der Waals surface area contributed by atoms with E-state index in [2.05, 4.69) is 20.3 Å². The number of hydrogen-bond acceptors (Lipinski definition) is 11. The van der Waals surface area contributed by atoms with Gasteiger partial charge in [0, 0.05) is 37.0 Å². The van der Waals surface area contributed by atoms with Crippen LogP contribution in [0.25, 0.3) is 10.6 Å². The van der Waals surface area contributed by atoms with Gasteiger partial charge in [0.25, 0.3) is 0 Å². The molecule has 3 rings (SSSR count). The van der Waals surface area contributed by atoms with Crippen LogP contribution < -0.4 is 14.8 Å². The Kier molecular flexibility index (Phi) is 9.50. The summed E-state index contributed by atoms with van der Waals surface area (Å²) in [6.07, 6.45) is 4.96. The number of aromatic nitrogens is 3. The van der Waals surface area contributed by atoms with Crippen molar-refractivity contribution in [1.82, 2.24) is 20.3 Å². The highest BCUT2D eigenvalue weighted by molar-refractivity contribution is 7.17. The van der Waals surface area contributed by atoms with Crippen molar-refractivity contribution in [2.75, 3.05) is 27.4 Å². The highest BCUT2D eigenvalue weighted by Gasteiger charge is 2.25. The second kappa shape index (κ2) is 12.8. The topological polar surface area (TPSA) is 122 Å². The van der Waals surface area contributed by atoms with Crippen LogP contribution in [0.3, 0.4) is 0 Å². The first kappa shape index (κ1) is 26.0. The third-order valence-corrected chi connectivity index (χ3v) is 6.10. The van der Waals surface area contributed by atoms with Crippen LogP contribution in [0.1, 0.15) is 34.8 Å². The molecule has 10 nitrogen and oxygen atoms in total. The van der Waals surface area contributed by atoms with E-state index in [1.54, 1.807) is 52.6 Å². The predicted octanol–water partition coefficient (Wildman–Crippen LogP) is 3.06. The van der Waals surface area contributed by atoms with Crippen LogP contribution >= 0.6 is 11.3 Å². The summed E-state index contributed by atoms with van der Waals surface area (Å²) >= 11 is 1.19. The number of rotatable bonds is 12. The van der Waals surface area contributed by atoms with Gasteiger partial charge in [-0.3, -0.25) is 10.1 Å². The molecule has 0 saturated carbocycles. The van der Waals surface area contributed by atoms with E-state index < -0.39 is 18.0 Å². The van der Waals surface area contributed by atoms with Crippen molar-refractivity contribution in [2.24, 2.45) is 0 Å². The van der Waals surface area contributed by atoms with Crippen molar-refractivity contribution >= 4 is 23.3 Å². The van der Waals surface area contributed by atoms with Gasteiger partial charge >= 0.3 is 11.9 Å². The molecule has 35 heavy (non-hydrogen) atoms. The van der Waals surface area contributed by atoms with Crippen LogP contribution in [-0.2, 0) is 27.2 Å². The van der Waals surface area contributed by atoms with Crippen LogP contribution in [0.4, 0.5) is 0 Å². The molecule has 0 aliphatic heterocycles. The average Bonchev–Trinajstić information content (AvgIpc) is 3.31. The Hall–Kier alpha value is -3.57. The lowest BCUT2D eigenvalue weighted by atomic mass is 10.0. The number of ether oxygens (including phenoxy) is 4. The molecule has 0 amide bonds. The van der Waals surface area contributed by atoms with Crippen molar-refractivity contribution in [2.45, 2.75) is 32.9 Å². The van der Waals surface area contributed by atoms with E-state index in [0.29, 0.717) is 39.1 Å². The number of methoxy groups -OCH3 is 2. The van der Waals surface area contributed by atoms with Gasteiger partial charge in [-0.2, -0.15) is 0 Å². The molecule has 1 atom stereocenters. The highest BCUT2D eigenvalue weighted by Crippen LogP contribution is 2.29. The molecule has 0 fully saturated rings. The molecule has 186 valence electrons. The lowest BCUT2D eigenvalue weighted by Gasteiger charge is -2.19. The van der Waals surface area contributed by atoms with Gasteiger partial charge in [-0.1, -0.05) is 6.07 Å². The first-order valence-electron chi connectivity index (χ1n) is 11.0. The number of hydrogen-bond donors (Lipinski definition) is 1. The normalized spacial score (nSPS) is 11.5. The Morgan fingerprint density at radius 1 is 1.06 bits per heavy atom. The van der Waals surface area contributed by atoms with E-state index in [1.165, 1.54) is 17.7 Å². The fraction of sp³-hybridized carbons (Fsp3) is 0.375. The molecule has 0 bridgehead atoms. The molecule has 2 aromatic heterocycles. The zero-order valence-corrected chi connectivity index (χ0v) is 20.9. The van der Waals surface area contributed by atoms with E-state index >= 15 is 0 Å². The number of esters is 2. The van der Waals surface area contributed by atoms with Crippen LogP contribution in [0, 0.1) is 0 Å². The van der Waals surface area contributed by atoms with Gasteiger partial charge in [0.2, 0.25) is 0 Å². The van der Waals surface area contributed by atoms with Crippen LogP contribution in [-0.4, -0.2) is 60.4 Å². The van der Waals surface area contributed by atoms with Crippen LogP contribution in [0.2, 0.25) is 0 Å². The zero-order valence-electron chi connectivity index (χ0n) is 20.1. The van der Waals surface area contributed by atoms with Gasteiger partial charge in [0.1, 0.15) is 33.8 Å². The summed E-state index contributed by atoms with van der Waals surface area (Å²) in [5, 5.41) is 3.77. The zero-order chi connectivity index (χ0) is 25.2. The molecular formula is C24H28N4O6S. The number of nitrogens with zero attached hydrogens (tertiary/aromatic N) is 3. The van der Waals surface area contributed by atoms with Crippen molar-refractivity contribution < 1.29 is 28.5 Å². The van der Waals surface area contributed by atoms with Crippen molar-refractivity contribution in [1.29, 1.82) is 0 Å². The van der Waals surface area contributed by atoms with Crippen LogP contribution in [0.5, 0.6) is 11.5 Å². The van der Waals surface area contributed by atoms with Gasteiger partial charge < -0.3 is 18.9 Å². The fourth-order valence-corrected chi connectivity index (χ4v) is 4.25. The third kappa shape index (κ3) is 6.74. The fourth-order valence-electron chi connectivity index (χ4n) is 3.30. The molecule has 1 N–H and O–H groups in total. The summed E-state index contributed by atoms with van der Waals surface area (Å²) in [5.74, 6) is 0.335. The molecule has 2 heterocycles. The molecule has 1 unspecified atom stereocenters. The Morgan fingerprint density at radius 2 is 1.80 bits per heavy atom. The summed E-state index contributed by atoms with van der Waals surface area (Å²) in [7, 11) is 3.13. The first-order chi connectivity index (χ1) is 17.0. The number of carbonyl (C=O) groups excluding carboxylic acids is 2. The largest absolute Gasteiger partial charge is 0.497 e. The standard InChI is InChI=1S/C24H28N4O6S/c1-5-33-23(29)18(9-15-7-8-17(31-3)10-20(15)32-4)27-13-19-21(24(30)34-6-2)35-22(28-19)16-11-25-14-26-12-16/h7-8,10-12,14,18,27H,5-6,9,13H2,1-4H3. The SMILES string of the molecule is CCOC(=O)c1sc(-c2cncnc2)nc1CNC(Cc1ccc(OC)cc1OC)C(=O)OCC. The van der Waals surface area contributed by atoms with Crippen molar-refractivity contribution in [3.8, 4) is 22.1 Å². The van der Waals surface area contributed by atoms with Gasteiger partial charge in [-0.15, -0.1) is 11.3 Å². The second-order valence-electron chi connectivity index (χ2n) is 7.21.